The predicted molar refractivity (Wildman–Crippen MR) is 95.3 cm³/mol. The van der Waals surface area contributed by atoms with Crippen LogP contribution in [0.4, 0.5) is 0 Å². The Hall–Kier alpha value is -2.38. The van der Waals surface area contributed by atoms with Crippen LogP contribution in [-0.4, -0.2) is 52.9 Å². The second-order valence-corrected chi connectivity index (χ2v) is 7.46. The van der Waals surface area contributed by atoms with Gasteiger partial charge in [-0.1, -0.05) is 19.1 Å². The summed E-state index contributed by atoms with van der Waals surface area (Å²) in [6.45, 7) is 2.06. The van der Waals surface area contributed by atoms with Gasteiger partial charge in [0.2, 0.25) is 0 Å². The Morgan fingerprint density at radius 3 is 2.59 bits per heavy atom. The van der Waals surface area contributed by atoms with Crippen molar-refractivity contribution >= 4 is 11.7 Å². The van der Waals surface area contributed by atoms with Crippen molar-refractivity contribution in [1.29, 1.82) is 0 Å². The number of amides is 1. The molecule has 5 rings (SSSR count). The van der Waals surface area contributed by atoms with Gasteiger partial charge in [-0.3, -0.25) is 9.59 Å². The minimum atomic E-state index is -0.873. The molecule has 2 saturated heterocycles. The average Bonchev–Trinajstić information content (AvgIpc) is 3.35. The Kier molecular flexibility index (Phi) is 4.65. The normalized spacial score (nSPS) is 33.9. The maximum Gasteiger partial charge on any atom is 0.259 e. The lowest BCUT2D eigenvalue weighted by Gasteiger charge is -2.18. The highest BCUT2D eigenvalue weighted by Crippen LogP contribution is 2.31. The van der Waals surface area contributed by atoms with Gasteiger partial charge in [-0.2, -0.15) is 0 Å². The summed E-state index contributed by atoms with van der Waals surface area (Å²) in [5.41, 5.74) is 0.635. The molecule has 5 unspecified atom stereocenters. The van der Waals surface area contributed by atoms with Crippen molar-refractivity contribution < 1.29 is 29.3 Å². The number of carbonyl (C=O) groups is 2. The standard InChI is InChI=1S/C20H23NO6/c1-10-14(22)6-7-15-16(27-15)9-26-12-4-2-11(3-5-12)8-13-19(24)17(18(10)23)20(25)21-13/h2-5,10,13-16,22-23H,6-9H2,1H3,(H,21,25). The molecule has 7 heteroatoms. The molecule has 0 aromatic heterocycles. The molecule has 4 bridgehead atoms. The molecule has 27 heavy (non-hydrogen) atoms. The smallest absolute Gasteiger partial charge is 0.259 e. The van der Waals surface area contributed by atoms with Gasteiger partial charge in [-0.15, -0.1) is 0 Å². The molecule has 1 aromatic rings. The van der Waals surface area contributed by atoms with Crippen molar-refractivity contribution in [3.05, 3.63) is 41.2 Å². The third-order valence-corrected chi connectivity index (χ3v) is 5.57. The number of ether oxygens (including phenoxy) is 2. The topological polar surface area (TPSA) is 108 Å². The molecule has 4 aliphatic rings. The highest BCUT2D eigenvalue weighted by Gasteiger charge is 2.42. The van der Waals surface area contributed by atoms with E-state index in [1.807, 2.05) is 24.3 Å². The van der Waals surface area contributed by atoms with E-state index in [-0.39, 0.29) is 23.5 Å². The molecule has 4 aliphatic heterocycles. The van der Waals surface area contributed by atoms with Crippen molar-refractivity contribution in [2.45, 2.75) is 50.5 Å². The van der Waals surface area contributed by atoms with Crippen LogP contribution in [0.2, 0.25) is 0 Å². The molecule has 1 amide bonds. The third-order valence-electron chi connectivity index (χ3n) is 5.57. The van der Waals surface area contributed by atoms with Gasteiger partial charge in [-0.25, -0.2) is 0 Å². The zero-order valence-corrected chi connectivity index (χ0v) is 15.1. The maximum atomic E-state index is 12.7. The first-order valence-electron chi connectivity index (χ1n) is 9.27. The number of hydrogen-bond donors (Lipinski definition) is 3. The zero-order valence-electron chi connectivity index (χ0n) is 15.1. The summed E-state index contributed by atoms with van der Waals surface area (Å²) in [7, 11) is 0. The van der Waals surface area contributed by atoms with Gasteiger partial charge in [0, 0.05) is 12.3 Å². The number of aliphatic hydroxyl groups is 2. The van der Waals surface area contributed by atoms with Gasteiger partial charge in [0.15, 0.2) is 5.78 Å². The zero-order chi connectivity index (χ0) is 19.1. The van der Waals surface area contributed by atoms with Gasteiger partial charge in [-0.05, 0) is 30.5 Å². The van der Waals surface area contributed by atoms with E-state index in [4.69, 9.17) is 9.47 Å². The van der Waals surface area contributed by atoms with Crippen LogP contribution < -0.4 is 10.1 Å². The van der Waals surface area contributed by atoms with Gasteiger partial charge >= 0.3 is 0 Å². The molecule has 7 nitrogen and oxygen atoms in total. The fraction of sp³-hybridized carbons (Fsp3) is 0.500. The highest BCUT2D eigenvalue weighted by molar-refractivity contribution is 6.27. The summed E-state index contributed by atoms with van der Waals surface area (Å²) in [5.74, 6) is -1.37. The van der Waals surface area contributed by atoms with Crippen LogP contribution in [0.25, 0.3) is 0 Å². The number of rotatable bonds is 0. The van der Waals surface area contributed by atoms with Crippen molar-refractivity contribution in [2.24, 2.45) is 5.92 Å². The lowest BCUT2D eigenvalue weighted by Crippen LogP contribution is -2.31. The van der Waals surface area contributed by atoms with Crippen LogP contribution in [-0.2, 0) is 20.7 Å². The van der Waals surface area contributed by atoms with E-state index in [1.54, 1.807) is 6.92 Å². The second kappa shape index (κ2) is 6.98. The molecule has 1 aromatic carbocycles. The van der Waals surface area contributed by atoms with Crippen molar-refractivity contribution in [3.63, 3.8) is 0 Å². The lowest BCUT2D eigenvalue weighted by atomic mass is 9.92. The quantitative estimate of drug-likeness (QED) is 0.463. The minimum Gasteiger partial charge on any atom is -0.511 e. The predicted octanol–water partition coefficient (Wildman–Crippen LogP) is 1.05. The van der Waals surface area contributed by atoms with E-state index >= 15 is 0 Å². The molecule has 3 N–H and O–H groups in total. The summed E-state index contributed by atoms with van der Waals surface area (Å²) in [6, 6.07) is 6.64. The largest absolute Gasteiger partial charge is 0.511 e. The SMILES string of the molecule is CC1C(O)=C2C(=O)NC(Cc3ccc(cc3)OCC3OC3CCC1O)C2=O. The van der Waals surface area contributed by atoms with Crippen LogP contribution in [0, 0.1) is 5.92 Å². The van der Waals surface area contributed by atoms with Crippen molar-refractivity contribution in [1.82, 2.24) is 5.32 Å². The Morgan fingerprint density at radius 2 is 1.85 bits per heavy atom. The van der Waals surface area contributed by atoms with Crippen molar-refractivity contribution in [2.75, 3.05) is 6.61 Å². The highest BCUT2D eigenvalue weighted by atomic mass is 16.6. The minimum absolute atomic E-state index is 0.00168. The maximum absolute atomic E-state index is 12.7. The van der Waals surface area contributed by atoms with Crippen LogP contribution in [0.15, 0.2) is 35.6 Å². The van der Waals surface area contributed by atoms with Gasteiger partial charge in [0.25, 0.3) is 5.91 Å². The summed E-state index contributed by atoms with van der Waals surface area (Å²) in [6.07, 6.45) is 0.473. The Bertz CT molecular complexity index is 786. The molecule has 0 radical (unpaired) electrons. The second-order valence-electron chi connectivity index (χ2n) is 7.46. The van der Waals surface area contributed by atoms with Crippen LogP contribution in [0.5, 0.6) is 5.75 Å². The monoisotopic (exact) mass is 373 g/mol. The van der Waals surface area contributed by atoms with E-state index < -0.39 is 29.8 Å². The van der Waals surface area contributed by atoms with Crippen LogP contribution >= 0.6 is 0 Å². The fourth-order valence-corrected chi connectivity index (χ4v) is 3.68. The molecule has 2 fully saturated rings. The first-order chi connectivity index (χ1) is 12.9. The molecule has 4 heterocycles. The van der Waals surface area contributed by atoms with E-state index in [9.17, 15) is 19.8 Å². The average molecular weight is 373 g/mol. The summed E-state index contributed by atoms with van der Waals surface area (Å²) in [5, 5.41) is 23.5. The molecule has 144 valence electrons. The number of epoxide rings is 1. The lowest BCUT2D eigenvalue weighted by molar-refractivity contribution is -0.117. The first kappa shape index (κ1) is 18.0. The van der Waals surface area contributed by atoms with Gasteiger partial charge in [0.05, 0.1) is 18.2 Å². The number of fused-ring (bicyclic) bond motifs is 7. The fourth-order valence-electron chi connectivity index (χ4n) is 3.68. The number of hydrogen-bond acceptors (Lipinski definition) is 6. The molecular weight excluding hydrogens is 350 g/mol. The van der Waals surface area contributed by atoms with Crippen LogP contribution in [0.1, 0.15) is 25.3 Å². The summed E-state index contributed by atoms with van der Waals surface area (Å²) >= 11 is 0. The number of ketones is 1. The Balaban J connectivity index is 1.63. The number of benzene rings is 1. The van der Waals surface area contributed by atoms with Crippen molar-refractivity contribution in [3.8, 4) is 5.75 Å². The number of nitrogens with one attached hydrogen (secondary N) is 1. The number of Topliss-reactive ketones (excluding diaryl/α,β-unsaturated/α-hetero) is 1. The number of carbonyl (C=O) groups excluding carboxylic acids is 2. The molecular formula is C20H23NO6. The van der Waals surface area contributed by atoms with Crippen LogP contribution in [0.3, 0.4) is 0 Å². The third kappa shape index (κ3) is 3.57. The van der Waals surface area contributed by atoms with E-state index in [1.165, 1.54) is 0 Å². The summed E-state index contributed by atoms with van der Waals surface area (Å²) < 4.78 is 11.3. The number of aliphatic hydroxyl groups excluding tert-OH is 2. The molecule has 0 spiro atoms. The molecule has 5 atom stereocenters. The Labute approximate surface area is 157 Å². The summed E-state index contributed by atoms with van der Waals surface area (Å²) in [4.78, 5) is 24.9. The molecule has 0 saturated carbocycles. The van der Waals surface area contributed by atoms with E-state index in [2.05, 4.69) is 5.32 Å². The van der Waals surface area contributed by atoms with E-state index in [0.29, 0.717) is 31.6 Å². The van der Waals surface area contributed by atoms with Gasteiger partial charge in [0.1, 0.15) is 29.8 Å². The first-order valence-corrected chi connectivity index (χ1v) is 9.27. The molecule has 0 aliphatic carbocycles. The van der Waals surface area contributed by atoms with Gasteiger partial charge < -0.3 is 25.0 Å². The Morgan fingerprint density at radius 1 is 1.11 bits per heavy atom. The van der Waals surface area contributed by atoms with E-state index in [0.717, 1.165) is 5.56 Å².